The van der Waals surface area contributed by atoms with Crippen LogP contribution in [0.3, 0.4) is 0 Å². The van der Waals surface area contributed by atoms with Gasteiger partial charge in [0.1, 0.15) is 0 Å². The molecule has 0 saturated heterocycles. The molecule has 0 aromatic rings. The van der Waals surface area contributed by atoms with Gasteiger partial charge in [-0.1, -0.05) is 27.2 Å². The first kappa shape index (κ1) is 16.9. The highest BCUT2D eigenvalue weighted by Crippen LogP contribution is 2.39. The zero-order valence-corrected chi connectivity index (χ0v) is 13.6. The molecule has 3 unspecified atom stereocenters. The SMILES string of the molecule is CCCNC1C(CN(C)CC(C)O)CCCC1(C)C. The van der Waals surface area contributed by atoms with Crippen LogP contribution in [0.5, 0.6) is 0 Å². The van der Waals surface area contributed by atoms with E-state index >= 15 is 0 Å². The summed E-state index contributed by atoms with van der Waals surface area (Å²) in [6, 6.07) is 0.609. The van der Waals surface area contributed by atoms with E-state index in [4.69, 9.17) is 0 Å². The minimum atomic E-state index is -0.233. The fourth-order valence-corrected chi connectivity index (χ4v) is 3.65. The molecule has 0 heterocycles. The molecule has 1 fully saturated rings. The molecular formula is C16H34N2O. The van der Waals surface area contributed by atoms with Crippen molar-refractivity contribution in [2.45, 2.75) is 65.5 Å². The smallest absolute Gasteiger partial charge is 0.0638 e. The van der Waals surface area contributed by atoms with Gasteiger partial charge >= 0.3 is 0 Å². The molecule has 1 saturated carbocycles. The summed E-state index contributed by atoms with van der Waals surface area (Å²) < 4.78 is 0. The van der Waals surface area contributed by atoms with E-state index in [0.717, 1.165) is 19.6 Å². The maximum Gasteiger partial charge on any atom is 0.0638 e. The molecular weight excluding hydrogens is 236 g/mol. The van der Waals surface area contributed by atoms with Crippen molar-refractivity contribution in [1.82, 2.24) is 10.2 Å². The molecule has 3 heteroatoms. The zero-order valence-electron chi connectivity index (χ0n) is 13.6. The minimum absolute atomic E-state index is 0.233. The lowest BCUT2D eigenvalue weighted by atomic mass is 9.67. The minimum Gasteiger partial charge on any atom is -0.392 e. The Morgan fingerprint density at radius 3 is 2.68 bits per heavy atom. The normalized spacial score (nSPS) is 28.6. The molecule has 19 heavy (non-hydrogen) atoms. The van der Waals surface area contributed by atoms with Crippen LogP contribution < -0.4 is 5.32 Å². The van der Waals surface area contributed by atoms with Crippen molar-refractivity contribution in [3.05, 3.63) is 0 Å². The number of nitrogens with zero attached hydrogens (tertiary/aromatic N) is 1. The van der Waals surface area contributed by atoms with E-state index in [2.05, 4.69) is 38.0 Å². The molecule has 0 radical (unpaired) electrons. The molecule has 114 valence electrons. The Morgan fingerprint density at radius 2 is 2.11 bits per heavy atom. The first-order valence-electron chi connectivity index (χ1n) is 7.96. The monoisotopic (exact) mass is 270 g/mol. The van der Waals surface area contributed by atoms with Crippen LogP contribution in [0, 0.1) is 11.3 Å². The van der Waals surface area contributed by atoms with Crippen molar-refractivity contribution in [3.63, 3.8) is 0 Å². The molecule has 0 spiro atoms. The molecule has 1 rings (SSSR count). The number of nitrogens with one attached hydrogen (secondary N) is 1. The van der Waals surface area contributed by atoms with Crippen molar-refractivity contribution in [2.75, 3.05) is 26.7 Å². The van der Waals surface area contributed by atoms with Gasteiger partial charge in [-0.05, 0) is 51.1 Å². The Morgan fingerprint density at radius 1 is 1.42 bits per heavy atom. The third kappa shape index (κ3) is 5.41. The summed E-state index contributed by atoms with van der Waals surface area (Å²) in [4.78, 5) is 2.29. The molecule has 0 aliphatic heterocycles. The van der Waals surface area contributed by atoms with E-state index in [0.29, 0.717) is 17.4 Å². The fourth-order valence-electron chi connectivity index (χ4n) is 3.65. The predicted octanol–water partition coefficient (Wildman–Crippen LogP) is 2.49. The van der Waals surface area contributed by atoms with Crippen LogP contribution in [0.1, 0.15) is 53.4 Å². The molecule has 1 aliphatic carbocycles. The van der Waals surface area contributed by atoms with Crippen LogP contribution in [0.2, 0.25) is 0 Å². The molecule has 2 N–H and O–H groups in total. The van der Waals surface area contributed by atoms with Crippen molar-refractivity contribution in [1.29, 1.82) is 0 Å². The van der Waals surface area contributed by atoms with E-state index < -0.39 is 0 Å². The molecule has 0 bridgehead atoms. The molecule has 0 aromatic heterocycles. The third-order valence-corrected chi connectivity index (χ3v) is 4.45. The summed E-state index contributed by atoms with van der Waals surface area (Å²) >= 11 is 0. The van der Waals surface area contributed by atoms with Crippen LogP contribution in [0.4, 0.5) is 0 Å². The van der Waals surface area contributed by atoms with Gasteiger partial charge < -0.3 is 15.3 Å². The number of hydrogen-bond acceptors (Lipinski definition) is 3. The summed E-state index contributed by atoms with van der Waals surface area (Å²) in [5.74, 6) is 0.707. The van der Waals surface area contributed by atoms with Gasteiger partial charge in [0.25, 0.3) is 0 Å². The summed E-state index contributed by atoms with van der Waals surface area (Å²) in [5.41, 5.74) is 0.393. The van der Waals surface area contributed by atoms with Gasteiger partial charge in [-0.25, -0.2) is 0 Å². The second kappa shape index (κ2) is 7.61. The lowest BCUT2D eigenvalue weighted by molar-refractivity contribution is 0.0700. The van der Waals surface area contributed by atoms with Crippen LogP contribution in [0.25, 0.3) is 0 Å². The Bertz CT molecular complexity index is 253. The van der Waals surface area contributed by atoms with Gasteiger partial charge in [-0.15, -0.1) is 0 Å². The third-order valence-electron chi connectivity index (χ3n) is 4.45. The lowest BCUT2D eigenvalue weighted by Gasteiger charge is -2.46. The zero-order chi connectivity index (χ0) is 14.5. The van der Waals surface area contributed by atoms with Gasteiger partial charge in [-0.2, -0.15) is 0 Å². The summed E-state index contributed by atoms with van der Waals surface area (Å²) in [6.07, 6.45) is 4.94. The Balaban J connectivity index is 2.61. The van der Waals surface area contributed by atoms with Gasteiger partial charge in [0.15, 0.2) is 0 Å². The second-order valence-electron chi connectivity index (χ2n) is 7.14. The highest BCUT2D eigenvalue weighted by atomic mass is 16.3. The van der Waals surface area contributed by atoms with E-state index in [1.54, 1.807) is 0 Å². The van der Waals surface area contributed by atoms with Crippen LogP contribution in [0.15, 0.2) is 0 Å². The topological polar surface area (TPSA) is 35.5 Å². The maximum absolute atomic E-state index is 9.50. The van der Waals surface area contributed by atoms with Crippen molar-refractivity contribution in [3.8, 4) is 0 Å². The van der Waals surface area contributed by atoms with Gasteiger partial charge in [0, 0.05) is 19.1 Å². The number of aliphatic hydroxyl groups excluding tert-OH is 1. The summed E-state index contributed by atoms with van der Waals surface area (Å²) in [5, 5.41) is 13.3. The number of hydrogen-bond donors (Lipinski definition) is 2. The molecule has 3 atom stereocenters. The lowest BCUT2D eigenvalue weighted by Crippen LogP contribution is -2.53. The van der Waals surface area contributed by atoms with Crippen LogP contribution in [-0.2, 0) is 0 Å². The standard InChI is InChI=1S/C16H34N2O/c1-6-10-17-15-14(8-7-9-16(15,3)4)12-18(5)11-13(2)19/h13-15,17,19H,6-12H2,1-5H3. The first-order chi connectivity index (χ1) is 8.86. The van der Waals surface area contributed by atoms with Crippen LogP contribution >= 0.6 is 0 Å². The van der Waals surface area contributed by atoms with E-state index in [-0.39, 0.29) is 6.10 Å². The average molecular weight is 270 g/mol. The molecule has 1 aliphatic rings. The molecule has 0 aromatic carbocycles. The van der Waals surface area contributed by atoms with E-state index in [1.807, 2.05) is 6.92 Å². The second-order valence-corrected chi connectivity index (χ2v) is 7.14. The Labute approximate surface area is 119 Å². The Kier molecular flexibility index (Phi) is 6.78. The number of aliphatic hydroxyl groups is 1. The first-order valence-corrected chi connectivity index (χ1v) is 7.96. The van der Waals surface area contributed by atoms with Gasteiger partial charge in [-0.3, -0.25) is 0 Å². The predicted molar refractivity (Wildman–Crippen MR) is 82.4 cm³/mol. The number of rotatable bonds is 7. The molecule has 0 amide bonds. The van der Waals surface area contributed by atoms with E-state index in [9.17, 15) is 5.11 Å². The summed E-state index contributed by atoms with van der Waals surface area (Å²) in [6.45, 7) is 11.9. The van der Waals surface area contributed by atoms with E-state index in [1.165, 1.54) is 25.7 Å². The molecule has 3 nitrogen and oxygen atoms in total. The highest BCUT2D eigenvalue weighted by Gasteiger charge is 2.38. The van der Waals surface area contributed by atoms with Crippen molar-refractivity contribution < 1.29 is 5.11 Å². The van der Waals surface area contributed by atoms with Gasteiger partial charge in [0.05, 0.1) is 6.10 Å². The summed E-state index contributed by atoms with van der Waals surface area (Å²) in [7, 11) is 2.13. The largest absolute Gasteiger partial charge is 0.392 e. The van der Waals surface area contributed by atoms with Crippen LogP contribution in [-0.4, -0.2) is 48.8 Å². The maximum atomic E-state index is 9.50. The van der Waals surface area contributed by atoms with Crippen molar-refractivity contribution in [2.24, 2.45) is 11.3 Å². The highest BCUT2D eigenvalue weighted by molar-refractivity contribution is 4.94. The quantitative estimate of drug-likeness (QED) is 0.746. The Hall–Kier alpha value is -0.120. The van der Waals surface area contributed by atoms with Gasteiger partial charge in [0.2, 0.25) is 0 Å². The average Bonchev–Trinajstić information content (AvgIpc) is 2.26. The fraction of sp³-hybridized carbons (Fsp3) is 1.00. The number of likely N-dealkylation sites (N-methyl/N-ethyl adjacent to an activating group) is 1. The van der Waals surface area contributed by atoms with Crippen molar-refractivity contribution >= 4 is 0 Å².